The van der Waals surface area contributed by atoms with E-state index in [1.165, 1.54) is 19.3 Å². The van der Waals surface area contributed by atoms with Gasteiger partial charge in [0.1, 0.15) is 0 Å². The maximum atomic E-state index is 11.7. The fourth-order valence-corrected chi connectivity index (χ4v) is 3.45. The van der Waals surface area contributed by atoms with Gasteiger partial charge in [-0.3, -0.25) is 4.21 Å². The first-order chi connectivity index (χ1) is 6.24. The number of hydrogen-bond acceptors (Lipinski definition) is 2. The van der Waals surface area contributed by atoms with Gasteiger partial charge in [-0.25, -0.2) is 0 Å². The van der Waals surface area contributed by atoms with Crippen LogP contribution in [-0.2, 0) is 10.8 Å². The SMILES string of the molecule is CC(C#N)CS(=O)C1CCCCC1. The first-order valence-electron chi connectivity index (χ1n) is 5.01. The third kappa shape index (κ3) is 3.48. The van der Waals surface area contributed by atoms with Gasteiger partial charge in [0.05, 0.1) is 12.0 Å². The normalized spacial score (nSPS) is 23.4. The Morgan fingerprint density at radius 1 is 1.46 bits per heavy atom. The summed E-state index contributed by atoms with van der Waals surface area (Å²) in [4.78, 5) is 0. The smallest absolute Gasteiger partial charge is 0.0662 e. The average Bonchev–Trinajstić information content (AvgIpc) is 2.19. The Labute approximate surface area is 82.8 Å². The molecule has 2 unspecified atom stereocenters. The van der Waals surface area contributed by atoms with Gasteiger partial charge in [-0.05, 0) is 19.8 Å². The minimum atomic E-state index is -0.759. The van der Waals surface area contributed by atoms with Crippen molar-refractivity contribution in [1.29, 1.82) is 5.26 Å². The molecule has 0 spiro atoms. The fraction of sp³-hybridized carbons (Fsp3) is 0.900. The summed E-state index contributed by atoms with van der Waals surface area (Å²) in [5.74, 6) is 0.518. The third-order valence-corrected chi connectivity index (χ3v) is 4.60. The predicted molar refractivity (Wildman–Crippen MR) is 54.7 cm³/mol. The minimum Gasteiger partial charge on any atom is -0.259 e. The molecule has 2 nitrogen and oxygen atoms in total. The van der Waals surface area contributed by atoms with Crippen LogP contribution in [0.15, 0.2) is 0 Å². The molecule has 0 aromatic heterocycles. The minimum absolute atomic E-state index is 0.0530. The zero-order valence-electron chi connectivity index (χ0n) is 8.16. The predicted octanol–water partition coefficient (Wildman–Crippen LogP) is 2.23. The van der Waals surface area contributed by atoms with Crippen molar-refractivity contribution in [2.24, 2.45) is 5.92 Å². The van der Waals surface area contributed by atoms with Gasteiger partial charge in [0, 0.05) is 21.8 Å². The van der Waals surface area contributed by atoms with E-state index in [0.717, 1.165) is 12.8 Å². The Morgan fingerprint density at radius 2 is 2.08 bits per heavy atom. The molecule has 1 aliphatic rings. The summed E-state index contributed by atoms with van der Waals surface area (Å²) in [5.41, 5.74) is 0. The number of rotatable bonds is 3. The van der Waals surface area contributed by atoms with Crippen molar-refractivity contribution in [3.05, 3.63) is 0 Å². The lowest BCUT2D eigenvalue weighted by Gasteiger charge is -2.21. The molecule has 0 aromatic carbocycles. The summed E-state index contributed by atoms with van der Waals surface area (Å²) in [6.07, 6.45) is 5.94. The summed E-state index contributed by atoms with van der Waals surface area (Å²) in [5, 5.41) is 8.98. The highest BCUT2D eigenvalue weighted by molar-refractivity contribution is 7.85. The molecule has 0 aliphatic heterocycles. The summed E-state index contributed by atoms with van der Waals surface area (Å²) >= 11 is 0. The molecule has 1 rings (SSSR count). The van der Waals surface area contributed by atoms with Gasteiger partial charge in [0.15, 0.2) is 0 Å². The van der Waals surface area contributed by atoms with Gasteiger partial charge in [0.2, 0.25) is 0 Å². The summed E-state index contributed by atoms with van der Waals surface area (Å²) in [7, 11) is -0.759. The second-order valence-electron chi connectivity index (χ2n) is 3.84. The Kier molecular flexibility index (Phi) is 4.44. The van der Waals surface area contributed by atoms with E-state index in [9.17, 15) is 4.21 Å². The molecule has 0 aromatic rings. The maximum absolute atomic E-state index is 11.7. The van der Waals surface area contributed by atoms with Crippen LogP contribution < -0.4 is 0 Å². The molecular formula is C10H17NOS. The molecule has 0 amide bonds. The topological polar surface area (TPSA) is 40.9 Å². The first kappa shape index (κ1) is 10.7. The molecule has 0 heterocycles. The molecule has 0 saturated heterocycles. The van der Waals surface area contributed by atoms with Crippen molar-refractivity contribution in [2.75, 3.05) is 5.75 Å². The average molecular weight is 199 g/mol. The standard InChI is InChI=1S/C10H17NOS/c1-9(7-11)8-13(12)10-5-3-2-4-6-10/h9-10H,2-6,8H2,1H3. The largest absolute Gasteiger partial charge is 0.259 e. The first-order valence-corrected chi connectivity index (χ1v) is 6.39. The lowest BCUT2D eigenvalue weighted by Crippen LogP contribution is -2.22. The van der Waals surface area contributed by atoms with Crippen molar-refractivity contribution < 1.29 is 4.21 Å². The highest BCUT2D eigenvalue weighted by Crippen LogP contribution is 2.22. The lowest BCUT2D eigenvalue weighted by atomic mass is 10.0. The molecule has 0 radical (unpaired) electrons. The van der Waals surface area contributed by atoms with Crippen LogP contribution in [0.4, 0.5) is 0 Å². The number of nitriles is 1. The van der Waals surface area contributed by atoms with Gasteiger partial charge in [0.25, 0.3) is 0 Å². The van der Waals surface area contributed by atoms with Crippen LogP contribution in [0.3, 0.4) is 0 Å². The second kappa shape index (κ2) is 5.39. The summed E-state index contributed by atoms with van der Waals surface area (Å²) in [6.45, 7) is 1.85. The van der Waals surface area contributed by atoms with E-state index in [2.05, 4.69) is 6.07 Å². The van der Waals surface area contributed by atoms with Crippen LogP contribution in [0.5, 0.6) is 0 Å². The van der Waals surface area contributed by atoms with Gasteiger partial charge < -0.3 is 0 Å². The highest BCUT2D eigenvalue weighted by atomic mass is 32.2. The molecule has 3 heteroatoms. The third-order valence-electron chi connectivity index (χ3n) is 2.56. The number of nitrogens with zero attached hydrogens (tertiary/aromatic N) is 1. The molecule has 1 saturated carbocycles. The van der Waals surface area contributed by atoms with Crippen molar-refractivity contribution in [3.63, 3.8) is 0 Å². The van der Waals surface area contributed by atoms with Crippen LogP contribution in [0.2, 0.25) is 0 Å². The Bertz CT molecular complexity index is 215. The van der Waals surface area contributed by atoms with Crippen LogP contribution >= 0.6 is 0 Å². The second-order valence-corrected chi connectivity index (χ2v) is 5.60. The summed E-state index contributed by atoms with van der Waals surface area (Å²) < 4.78 is 11.7. The van der Waals surface area contributed by atoms with Crippen molar-refractivity contribution in [1.82, 2.24) is 0 Å². The van der Waals surface area contributed by atoms with E-state index in [-0.39, 0.29) is 5.92 Å². The van der Waals surface area contributed by atoms with Crippen LogP contribution in [0.1, 0.15) is 39.0 Å². The van der Waals surface area contributed by atoms with Gasteiger partial charge in [-0.15, -0.1) is 0 Å². The lowest BCUT2D eigenvalue weighted by molar-refractivity contribution is 0.503. The van der Waals surface area contributed by atoms with Gasteiger partial charge >= 0.3 is 0 Å². The monoisotopic (exact) mass is 199 g/mol. The van der Waals surface area contributed by atoms with Gasteiger partial charge in [-0.1, -0.05) is 19.3 Å². The molecule has 1 fully saturated rings. The zero-order valence-corrected chi connectivity index (χ0v) is 8.98. The Morgan fingerprint density at radius 3 is 2.62 bits per heavy atom. The fourth-order valence-electron chi connectivity index (χ4n) is 1.75. The highest BCUT2D eigenvalue weighted by Gasteiger charge is 2.20. The van der Waals surface area contributed by atoms with E-state index in [1.807, 2.05) is 6.92 Å². The van der Waals surface area contributed by atoms with Crippen molar-refractivity contribution >= 4 is 10.8 Å². The number of hydrogen-bond donors (Lipinski definition) is 0. The van der Waals surface area contributed by atoms with Crippen molar-refractivity contribution in [2.45, 2.75) is 44.3 Å². The molecule has 74 valence electrons. The van der Waals surface area contributed by atoms with Gasteiger partial charge in [-0.2, -0.15) is 5.26 Å². The van der Waals surface area contributed by atoms with E-state index < -0.39 is 10.8 Å². The zero-order chi connectivity index (χ0) is 9.68. The molecule has 0 bridgehead atoms. The van der Waals surface area contributed by atoms with E-state index in [1.54, 1.807) is 0 Å². The molecular weight excluding hydrogens is 182 g/mol. The van der Waals surface area contributed by atoms with E-state index >= 15 is 0 Å². The summed E-state index contributed by atoms with van der Waals surface area (Å²) in [6, 6.07) is 2.14. The molecule has 0 N–H and O–H groups in total. The van der Waals surface area contributed by atoms with Crippen LogP contribution in [0, 0.1) is 17.2 Å². The van der Waals surface area contributed by atoms with Crippen LogP contribution in [0.25, 0.3) is 0 Å². The molecule has 13 heavy (non-hydrogen) atoms. The maximum Gasteiger partial charge on any atom is 0.0662 e. The Balaban J connectivity index is 2.34. The van der Waals surface area contributed by atoms with E-state index in [0.29, 0.717) is 11.0 Å². The molecule has 2 atom stereocenters. The van der Waals surface area contributed by atoms with Crippen molar-refractivity contribution in [3.8, 4) is 6.07 Å². The quantitative estimate of drug-likeness (QED) is 0.699. The Hall–Kier alpha value is -0.360. The molecule has 1 aliphatic carbocycles. The van der Waals surface area contributed by atoms with Crippen LogP contribution in [-0.4, -0.2) is 15.2 Å². The van der Waals surface area contributed by atoms with E-state index in [4.69, 9.17) is 5.26 Å².